The van der Waals surface area contributed by atoms with Gasteiger partial charge in [0.15, 0.2) is 0 Å². The van der Waals surface area contributed by atoms with Gasteiger partial charge in [0.25, 0.3) is 0 Å². The Hall–Kier alpha value is -1.80. The van der Waals surface area contributed by atoms with Crippen LogP contribution in [0.4, 0.5) is 0 Å². The van der Waals surface area contributed by atoms with Crippen LogP contribution >= 0.6 is 11.6 Å². The number of rotatable bonds is 2. The molecule has 2 aromatic rings. The second-order valence-electron chi connectivity index (χ2n) is 3.32. The van der Waals surface area contributed by atoms with E-state index in [9.17, 15) is 0 Å². The standard InChI is InChI=1S/C13H10ClNO/c14-12-8-6-11(7-9-12)13(15-16)10-4-2-1-3-5-10/h1-9,16H. The zero-order valence-electron chi connectivity index (χ0n) is 8.47. The third-order valence-corrected chi connectivity index (χ3v) is 2.52. The molecule has 0 aliphatic heterocycles. The summed E-state index contributed by atoms with van der Waals surface area (Å²) in [6.45, 7) is 0. The van der Waals surface area contributed by atoms with E-state index in [0.717, 1.165) is 11.1 Å². The lowest BCUT2D eigenvalue weighted by Gasteiger charge is -2.04. The highest BCUT2D eigenvalue weighted by Crippen LogP contribution is 2.14. The molecule has 2 aromatic carbocycles. The highest BCUT2D eigenvalue weighted by molar-refractivity contribution is 6.30. The van der Waals surface area contributed by atoms with Gasteiger partial charge in [0.1, 0.15) is 5.71 Å². The maximum Gasteiger partial charge on any atom is 0.117 e. The van der Waals surface area contributed by atoms with Gasteiger partial charge in [-0.3, -0.25) is 0 Å². The Balaban J connectivity index is 2.42. The number of hydrogen-bond donors (Lipinski definition) is 1. The number of hydrogen-bond acceptors (Lipinski definition) is 2. The van der Waals surface area contributed by atoms with E-state index in [1.165, 1.54) is 0 Å². The third-order valence-electron chi connectivity index (χ3n) is 2.26. The van der Waals surface area contributed by atoms with Crippen molar-refractivity contribution in [3.05, 3.63) is 70.7 Å². The summed E-state index contributed by atoms with van der Waals surface area (Å²) in [5.41, 5.74) is 2.24. The minimum Gasteiger partial charge on any atom is -0.410 e. The molecule has 16 heavy (non-hydrogen) atoms. The van der Waals surface area contributed by atoms with Gasteiger partial charge in [0.2, 0.25) is 0 Å². The molecule has 0 heterocycles. The number of halogens is 1. The van der Waals surface area contributed by atoms with Crippen LogP contribution in [0.3, 0.4) is 0 Å². The Morgan fingerprint density at radius 1 is 0.875 bits per heavy atom. The largest absolute Gasteiger partial charge is 0.410 e. The summed E-state index contributed by atoms with van der Waals surface area (Å²) < 4.78 is 0. The Labute approximate surface area is 98.8 Å². The molecule has 0 saturated carbocycles. The highest BCUT2D eigenvalue weighted by Gasteiger charge is 2.06. The normalized spacial score (nSPS) is 11.4. The van der Waals surface area contributed by atoms with Gasteiger partial charge in [-0.1, -0.05) is 59.2 Å². The molecule has 3 heteroatoms. The molecular formula is C13H10ClNO. The second kappa shape index (κ2) is 4.81. The Morgan fingerprint density at radius 2 is 1.44 bits per heavy atom. The van der Waals surface area contributed by atoms with Gasteiger partial charge in [-0.2, -0.15) is 0 Å². The van der Waals surface area contributed by atoms with Crippen LogP contribution in [0, 0.1) is 0 Å². The predicted octanol–water partition coefficient (Wildman–Crippen LogP) is 3.57. The topological polar surface area (TPSA) is 32.6 Å². The SMILES string of the molecule is ON=C(c1ccccc1)c1ccc(Cl)cc1. The van der Waals surface area contributed by atoms with Crippen LogP contribution in [0.15, 0.2) is 59.8 Å². The molecule has 0 atom stereocenters. The van der Waals surface area contributed by atoms with E-state index >= 15 is 0 Å². The van der Waals surface area contributed by atoms with Crippen LogP contribution in [0.25, 0.3) is 0 Å². The fourth-order valence-corrected chi connectivity index (χ4v) is 1.61. The van der Waals surface area contributed by atoms with Crippen molar-refractivity contribution in [1.82, 2.24) is 0 Å². The quantitative estimate of drug-likeness (QED) is 0.478. The summed E-state index contributed by atoms with van der Waals surface area (Å²) in [5, 5.41) is 13.1. The van der Waals surface area contributed by atoms with Crippen molar-refractivity contribution in [2.75, 3.05) is 0 Å². The van der Waals surface area contributed by atoms with Crippen molar-refractivity contribution < 1.29 is 5.21 Å². The van der Waals surface area contributed by atoms with Crippen LogP contribution in [-0.4, -0.2) is 10.9 Å². The molecule has 0 fully saturated rings. The molecule has 0 aliphatic rings. The van der Waals surface area contributed by atoms with Crippen molar-refractivity contribution in [3.63, 3.8) is 0 Å². The summed E-state index contributed by atoms with van der Waals surface area (Å²) >= 11 is 5.80. The minimum absolute atomic E-state index is 0.539. The predicted molar refractivity (Wildman–Crippen MR) is 65.3 cm³/mol. The first-order valence-corrected chi connectivity index (χ1v) is 5.22. The smallest absolute Gasteiger partial charge is 0.117 e. The molecule has 2 nitrogen and oxygen atoms in total. The lowest BCUT2D eigenvalue weighted by Crippen LogP contribution is -2.02. The third kappa shape index (κ3) is 2.23. The lowest BCUT2D eigenvalue weighted by atomic mass is 10.0. The molecular weight excluding hydrogens is 222 g/mol. The summed E-state index contributed by atoms with van der Waals surface area (Å²) in [4.78, 5) is 0. The summed E-state index contributed by atoms with van der Waals surface area (Å²) in [5.74, 6) is 0. The van der Waals surface area contributed by atoms with Crippen molar-refractivity contribution in [3.8, 4) is 0 Å². The van der Waals surface area contributed by atoms with Crippen molar-refractivity contribution in [2.24, 2.45) is 5.16 Å². The van der Waals surface area contributed by atoms with Crippen molar-refractivity contribution in [1.29, 1.82) is 0 Å². The fraction of sp³-hybridized carbons (Fsp3) is 0. The first-order valence-electron chi connectivity index (χ1n) is 4.84. The molecule has 1 N–H and O–H groups in total. The summed E-state index contributed by atoms with van der Waals surface area (Å²) in [7, 11) is 0. The maximum absolute atomic E-state index is 9.06. The molecule has 0 aromatic heterocycles. The Kier molecular flexibility index (Phi) is 3.22. The Morgan fingerprint density at radius 3 is 2.00 bits per heavy atom. The zero-order chi connectivity index (χ0) is 11.4. The van der Waals surface area contributed by atoms with E-state index in [4.69, 9.17) is 16.8 Å². The zero-order valence-corrected chi connectivity index (χ0v) is 9.22. The first kappa shape index (κ1) is 10.7. The van der Waals surface area contributed by atoms with E-state index in [1.54, 1.807) is 12.1 Å². The van der Waals surface area contributed by atoms with Crippen molar-refractivity contribution in [2.45, 2.75) is 0 Å². The highest BCUT2D eigenvalue weighted by atomic mass is 35.5. The molecule has 0 saturated heterocycles. The van der Waals surface area contributed by atoms with E-state index in [0.29, 0.717) is 10.7 Å². The number of oxime groups is 1. The molecule has 0 bridgehead atoms. The molecule has 0 spiro atoms. The van der Waals surface area contributed by atoms with Crippen LogP contribution in [-0.2, 0) is 0 Å². The van der Waals surface area contributed by atoms with E-state index in [1.807, 2.05) is 42.5 Å². The molecule has 0 aliphatic carbocycles. The second-order valence-corrected chi connectivity index (χ2v) is 3.76. The number of nitrogens with zero attached hydrogens (tertiary/aromatic N) is 1. The summed E-state index contributed by atoms with van der Waals surface area (Å²) in [6, 6.07) is 16.7. The van der Waals surface area contributed by atoms with Crippen LogP contribution < -0.4 is 0 Å². The van der Waals surface area contributed by atoms with Gasteiger partial charge >= 0.3 is 0 Å². The molecule has 0 radical (unpaired) electrons. The van der Waals surface area contributed by atoms with E-state index in [-0.39, 0.29) is 0 Å². The first-order chi connectivity index (χ1) is 7.81. The van der Waals surface area contributed by atoms with E-state index in [2.05, 4.69) is 5.16 Å². The molecule has 2 rings (SSSR count). The van der Waals surface area contributed by atoms with Gasteiger partial charge in [-0.15, -0.1) is 0 Å². The van der Waals surface area contributed by atoms with Gasteiger partial charge in [0, 0.05) is 16.1 Å². The van der Waals surface area contributed by atoms with Crippen LogP contribution in [0.5, 0.6) is 0 Å². The average molecular weight is 232 g/mol. The minimum atomic E-state index is 0.539. The molecule has 80 valence electrons. The van der Waals surface area contributed by atoms with Crippen LogP contribution in [0.2, 0.25) is 5.02 Å². The van der Waals surface area contributed by atoms with Crippen LogP contribution in [0.1, 0.15) is 11.1 Å². The molecule has 0 unspecified atom stereocenters. The van der Waals surface area contributed by atoms with Crippen molar-refractivity contribution >= 4 is 17.3 Å². The number of benzene rings is 2. The van der Waals surface area contributed by atoms with Gasteiger partial charge in [-0.25, -0.2) is 0 Å². The maximum atomic E-state index is 9.06. The summed E-state index contributed by atoms with van der Waals surface area (Å²) in [6.07, 6.45) is 0. The van der Waals surface area contributed by atoms with Gasteiger partial charge in [0.05, 0.1) is 0 Å². The van der Waals surface area contributed by atoms with Gasteiger partial charge < -0.3 is 5.21 Å². The Bertz CT molecular complexity index is 491. The fourth-order valence-electron chi connectivity index (χ4n) is 1.49. The lowest BCUT2D eigenvalue weighted by molar-refractivity contribution is 0.319. The monoisotopic (exact) mass is 231 g/mol. The average Bonchev–Trinajstić information content (AvgIpc) is 2.34. The van der Waals surface area contributed by atoms with E-state index < -0.39 is 0 Å². The molecule has 0 amide bonds. The van der Waals surface area contributed by atoms with Gasteiger partial charge in [-0.05, 0) is 12.1 Å².